The minimum Gasteiger partial charge on any atom is -0.457 e. The largest absolute Gasteiger partial charge is 0.457 e. The van der Waals surface area contributed by atoms with Gasteiger partial charge in [-0.25, -0.2) is 8.42 Å². The molecule has 1 aromatic heterocycles. The van der Waals surface area contributed by atoms with Crippen LogP contribution in [-0.4, -0.2) is 47.6 Å². The van der Waals surface area contributed by atoms with Crippen LogP contribution in [0.4, 0.5) is 5.69 Å². The number of ketones is 1. The topological polar surface area (TPSA) is 161 Å². The number of ether oxygens (including phenoxy) is 1. The van der Waals surface area contributed by atoms with Crippen LogP contribution in [0.25, 0.3) is 22.6 Å². The fourth-order valence-electron chi connectivity index (χ4n) is 5.42. The van der Waals surface area contributed by atoms with E-state index in [1.54, 1.807) is 13.0 Å². The van der Waals surface area contributed by atoms with Crippen molar-refractivity contribution in [2.75, 3.05) is 4.72 Å². The zero-order chi connectivity index (χ0) is 36.8. The molecule has 13 heteroatoms. The molecule has 3 N–H and O–H groups in total. The Morgan fingerprint density at radius 1 is 0.865 bits per heavy atom. The van der Waals surface area contributed by atoms with Crippen molar-refractivity contribution in [3.05, 3.63) is 143 Å². The Labute approximate surface area is 305 Å². The van der Waals surface area contributed by atoms with Crippen molar-refractivity contribution < 1.29 is 32.3 Å². The number of nitrogens with zero attached hydrogens (tertiary/aromatic N) is 2. The molecule has 0 saturated carbocycles. The normalized spacial score (nSPS) is 12.5. The number of benzene rings is 5. The van der Waals surface area contributed by atoms with Gasteiger partial charge in [0.05, 0.1) is 22.2 Å². The third kappa shape index (κ3) is 8.55. The Morgan fingerprint density at radius 3 is 2.31 bits per heavy atom. The van der Waals surface area contributed by atoms with Crippen LogP contribution in [0.15, 0.2) is 131 Å². The van der Waals surface area contributed by atoms with Crippen LogP contribution in [0, 0.1) is 6.92 Å². The maximum atomic E-state index is 13.8. The summed E-state index contributed by atoms with van der Waals surface area (Å²) in [5.74, 6) is 0.416. The van der Waals surface area contributed by atoms with Crippen molar-refractivity contribution in [2.24, 2.45) is 0 Å². The number of aliphatic hydroxyl groups is 1. The van der Waals surface area contributed by atoms with Gasteiger partial charge in [-0.3, -0.25) is 14.3 Å². The predicted molar refractivity (Wildman–Crippen MR) is 197 cm³/mol. The Bertz CT molecular complexity index is 2330. The number of sulfonamides is 1. The van der Waals surface area contributed by atoms with Gasteiger partial charge in [-0.1, -0.05) is 78.3 Å². The molecule has 52 heavy (non-hydrogen) atoms. The van der Waals surface area contributed by atoms with Gasteiger partial charge in [-0.15, -0.1) is 10.2 Å². The number of halogens is 1. The summed E-state index contributed by atoms with van der Waals surface area (Å²) < 4.78 is 41.0. The van der Waals surface area contributed by atoms with Gasteiger partial charge in [-0.05, 0) is 79.1 Å². The second-order valence-corrected chi connectivity index (χ2v) is 14.0. The molecule has 0 radical (unpaired) electrons. The molecule has 264 valence electrons. The van der Waals surface area contributed by atoms with Crippen molar-refractivity contribution in [2.45, 2.75) is 37.3 Å². The lowest BCUT2D eigenvalue weighted by Crippen LogP contribution is -2.46. The van der Waals surface area contributed by atoms with Gasteiger partial charge >= 0.3 is 0 Å². The van der Waals surface area contributed by atoms with E-state index in [1.807, 2.05) is 78.9 Å². The summed E-state index contributed by atoms with van der Waals surface area (Å²) >= 11 is 6.24. The zero-order valence-electron chi connectivity index (χ0n) is 28.0. The average molecular weight is 737 g/mol. The first-order valence-corrected chi connectivity index (χ1v) is 18.0. The lowest BCUT2D eigenvalue weighted by molar-refractivity contribution is -0.128. The number of carbonyl (C=O) groups is 2. The highest BCUT2D eigenvalue weighted by Crippen LogP contribution is 2.33. The van der Waals surface area contributed by atoms with E-state index in [4.69, 9.17) is 20.8 Å². The van der Waals surface area contributed by atoms with Crippen molar-refractivity contribution in [1.29, 1.82) is 0 Å². The Hall–Kier alpha value is -5.82. The minimum atomic E-state index is -4.24. The number of carbonyl (C=O) groups excluding carboxylic acids is 2. The highest BCUT2D eigenvalue weighted by Gasteiger charge is 2.27. The van der Waals surface area contributed by atoms with E-state index in [0.29, 0.717) is 28.5 Å². The van der Waals surface area contributed by atoms with Gasteiger partial charge in [0.2, 0.25) is 11.8 Å². The molecule has 6 rings (SSSR count). The van der Waals surface area contributed by atoms with Gasteiger partial charge in [0, 0.05) is 23.1 Å². The summed E-state index contributed by atoms with van der Waals surface area (Å²) in [5, 5.41) is 20.8. The lowest BCUT2D eigenvalue weighted by atomic mass is 9.96. The summed E-state index contributed by atoms with van der Waals surface area (Å²) in [6, 6.07) is 33.2. The SMILES string of the molecule is Cc1nnc(-c2cccc(S(=O)(=O)Nc3ccc(Cl)cc3C(=O)N[C@@H](Cc3ccc(-c4ccccc4Oc4ccccc4)cc3)C(=O)C(C)O)c2)o1. The maximum Gasteiger partial charge on any atom is 0.261 e. The summed E-state index contributed by atoms with van der Waals surface area (Å²) in [6.07, 6.45) is -1.35. The van der Waals surface area contributed by atoms with E-state index in [0.717, 1.165) is 11.1 Å². The van der Waals surface area contributed by atoms with Crippen LogP contribution in [0.5, 0.6) is 11.5 Å². The van der Waals surface area contributed by atoms with Gasteiger partial charge < -0.3 is 19.6 Å². The highest BCUT2D eigenvalue weighted by atomic mass is 35.5. The molecule has 11 nitrogen and oxygen atoms in total. The van der Waals surface area contributed by atoms with Crippen LogP contribution in [0.2, 0.25) is 5.02 Å². The Morgan fingerprint density at radius 2 is 1.60 bits per heavy atom. The first-order valence-electron chi connectivity index (χ1n) is 16.1. The van der Waals surface area contributed by atoms with E-state index in [1.165, 1.54) is 43.3 Å². The van der Waals surface area contributed by atoms with Crippen LogP contribution in [-0.2, 0) is 21.2 Å². The highest BCUT2D eigenvalue weighted by molar-refractivity contribution is 7.92. The predicted octanol–water partition coefficient (Wildman–Crippen LogP) is 7.25. The van der Waals surface area contributed by atoms with Crippen LogP contribution in [0.1, 0.15) is 28.7 Å². The number of para-hydroxylation sites is 2. The minimum absolute atomic E-state index is 0.0431. The standard InChI is InChI=1S/C39H33ClN4O7S/c1-24(45)37(46)35(21-26-15-17-27(18-16-26)32-13-6-7-14-36(32)51-30-10-4-3-5-11-30)41-38(47)33-23-29(40)19-20-34(33)44-52(48,49)31-12-8-9-28(22-31)39-43-42-25(2)50-39/h3-20,22-24,35,44-45H,21H2,1-2H3,(H,41,47)/t24?,35-/m0/s1. The summed E-state index contributed by atoms with van der Waals surface area (Å²) in [7, 11) is -4.24. The molecule has 0 saturated heterocycles. The summed E-state index contributed by atoms with van der Waals surface area (Å²) in [5.41, 5.74) is 2.60. The maximum absolute atomic E-state index is 13.8. The number of nitrogens with one attached hydrogen (secondary N) is 2. The molecule has 1 unspecified atom stereocenters. The van der Waals surface area contributed by atoms with E-state index < -0.39 is 33.9 Å². The first kappa shape index (κ1) is 36.0. The molecular weight excluding hydrogens is 704 g/mol. The van der Waals surface area contributed by atoms with Gasteiger partial charge in [0.25, 0.3) is 15.9 Å². The van der Waals surface area contributed by atoms with E-state index in [-0.39, 0.29) is 33.5 Å². The Balaban J connectivity index is 1.22. The number of hydrogen-bond donors (Lipinski definition) is 3. The summed E-state index contributed by atoms with van der Waals surface area (Å²) in [4.78, 5) is 26.8. The number of aryl methyl sites for hydroxylation is 1. The lowest BCUT2D eigenvalue weighted by Gasteiger charge is -2.21. The Kier molecular flexibility index (Phi) is 10.8. The fraction of sp³-hybridized carbons (Fsp3) is 0.128. The van der Waals surface area contributed by atoms with Gasteiger partial charge in [-0.2, -0.15) is 0 Å². The van der Waals surface area contributed by atoms with Crippen LogP contribution >= 0.6 is 11.6 Å². The molecule has 2 atom stereocenters. The third-order valence-electron chi connectivity index (χ3n) is 8.01. The molecule has 0 spiro atoms. The third-order valence-corrected chi connectivity index (χ3v) is 9.61. The van der Waals surface area contributed by atoms with E-state index in [2.05, 4.69) is 20.2 Å². The number of aliphatic hydroxyl groups excluding tert-OH is 1. The average Bonchev–Trinajstić information content (AvgIpc) is 3.59. The van der Waals surface area contributed by atoms with Gasteiger partial charge in [0.1, 0.15) is 17.6 Å². The quantitative estimate of drug-likeness (QED) is 0.111. The number of anilines is 1. The van der Waals surface area contributed by atoms with Crippen LogP contribution in [0.3, 0.4) is 0 Å². The van der Waals surface area contributed by atoms with Crippen molar-refractivity contribution in [3.63, 3.8) is 0 Å². The molecule has 0 aliphatic heterocycles. The number of rotatable bonds is 13. The number of aromatic nitrogens is 2. The van der Waals surface area contributed by atoms with Crippen LogP contribution < -0.4 is 14.8 Å². The van der Waals surface area contributed by atoms with Crippen molar-refractivity contribution >= 4 is 39.0 Å². The number of hydrogen-bond acceptors (Lipinski definition) is 9. The molecule has 1 amide bonds. The van der Waals surface area contributed by atoms with Crippen molar-refractivity contribution in [1.82, 2.24) is 15.5 Å². The monoisotopic (exact) mass is 736 g/mol. The van der Waals surface area contributed by atoms with E-state index >= 15 is 0 Å². The smallest absolute Gasteiger partial charge is 0.261 e. The molecule has 0 bridgehead atoms. The molecule has 0 aliphatic rings. The van der Waals surface area contributed by atoms with E-state index in [9.17, 15) is 23.1 Å². The molecule has 0 aliphatic carbocycles. The number of amides is 1. The zero-order valence-corrected chi connectivity index (χ0v) is 29.6. The number of Topliss-reactive ketones (excluding diaryl/α,β-unsaturated/α-hetero) is 1. The second-order valence-electron chi connectivity index (χ2n) is 11.9. The fourth-order valence-corrected chi connectivity index (χ4v) is 6.72. The second kappa shape index (κ2) is 15.6. The summed E-state index contributed by atoms with van der Waals surface area (Å²) in [6.45, 7) is 2.93. The molecule has 1 heterocycles. The molecular formula is C39H33ClN4O7S. The molecule has 0 fully saturated rings. The van der Waals surface area contributed by atoms with Gasteiger partial charge in [0.15, 0.2) is 5.78 Å². The molecule has 6 aromatic rings. The first-order chi connectivity index (χ1) is 25.0. The van der Waals surface area contributed by atoms with Crippen molar-refractivity contribution in [3.8, 4) is 34.1 Å². The molecule has 5 aromatic carbocycles.